The van der Waals surface area contributed by atoms with Crippen LogP contribution >= 0.6 is 0 Å². The van der Waals surface area contributed by atoms with Gasteiger partial charge in [-0.1, -0.05) is 6.07 Å². The van der Waals surface area contributed by atoms with Gasteiger partial charge in [0.05, 0.1) is 12.0 Å². The first-order chi connectivity index (χ1) is 12.6. The Bertz CT molecular complexity index is 834. The molecular weight excluding hydrogens is 354 g/mol. The van der Waals surface area contributed by atoms with Gasteiger partial charge in [-0.3, -0.25) is 0 Å². The SMILES string of the molecule is COc1ccc(S(=O)(=O)NCCCCc2ccc3c(c2)OCCO3)cc1. The van der Waals surface area contributed by atoms with Gasteiger partial charge in [0.1, 0.15) is 19.0 Å². The molecule has 0 atom stereocenters. The van der Waals surface area contributed by atoms with E-state index in [4.69, 9.17) is 14.2 Å². The molecule has 3 rings (SSSR count). The zero-order valence-electron chi connectivity index (χ0n) is 14.7. The second-order valence-electron chi connectivity index (χ2n) is 6.01. The Morgan fingerprint density at radius 2 is 1.73 bits per heavy atom. The van der Waals surface area contributed by atoms with E-state index in [1.54, 1.807) is 19.2 Å². The molecule has 0 spiro atoms. The fourth-order valence-electron chi connectivity index (χ4n) is 2.74. The lowest BCUT2D eigenvalue weighted by atomic mass is 10.1. The summed E-state index contributed by atoms with van der Waals surface area (Å²) in [6.07, 6.45) is 2.50. The van der Waals surface area contributed by atoms with Crippen LogP contribution < -0.4 is 18.9 Å². The van der Waals surface area contributed by atoms with Crippen molar-refractivity contribution in [2.75, 3.05) is 26.9 Å². The largest absolute Gasteiger partial charge is 0.497 e. The molecule has 0 aromatic heterocycles. The van der Waals surface area contributed by atoms with E-state index in [2.05, 4.69) is 4.72 Å². The van der Waals surface area contributed by atoms with Crippen LogP contribution in [-0.4, -0.2) is 35.3 Å². The van der Waals surface area contributed by atoms with Crippen molar-refractivity contribution in [2.24, 2.45) is 0 Å². The molecule has 0 saturated carbocycles. The van der Waals surface area contributed by atoms with Crippen molar-refractivity contribution in [2.45, 2.75) is 24.2 Å². The van der Waals surface area contributed by atoms with Crippen molar-refractivity contribution >= 4 is 10.0 Å². The first kappa shape index (κ1) is 18.5. The van der Waals surface area contributed by atoms with Crippen LogP contribution in [0.3, 0.4) is 0 Å². The molecular formula is C19H23NO5S. The van der Waals surface area contributed by atoms with Crippen molar-refractivity contribution in [3.63, 3.8) is 0 Å². The molecule has 2 aromatic rings. The molecule has 1 heterocycles. The molecule has 0 aliphatic carbocycles. The van der Waals surface area contributed by atoms with E-state index in [1.807, 2.05) is 18.2 Å². The van der Waals surface area contributed by atoms with Crippen molar-refractivity contribution in [1.29, 1.82) is 0 Å². The number of ether oxygens (including phenoxy) is 3. The maximum atomic E-state index is 12.2. The average molecular weight is 377 g/mol. The number of methoxy groups -OCH3 is 1. The molecule has 0 radical (unpaired) electrons. The molecule has 26 heavy (non-hydrogen) atoms. The molecule has 0 unspecified atom stereocenters. The summed E-state index contributed by atoms with van der Waals surface area (Å²) in [4.78, 5) is 0.241. The molecule has 0 fully saturated rings. The van der Waals surface area contributed by atoms with Gasteiger partial charge in [0.25, 0.3) is 0 Å². The van der Waals surface area contributed by atoms with E-state index in [0.29, 0.717) is 25.5 Å². The van der Waals surface area contributed by atoms with Gasteiger partial charge in [-0.15, -0.1) is 0 Å². The number of rotatable bonds is 8. The van der Waals surface area contributed by atoms with Gasteiger partial charge in [-0.25, -0.2) is 13.1 Å². The van der Waals surface area contributed by atoms with Crippen LogP contribution in [0.25, 0.3) is 0 Å². The third kappa shape index (κ3) is 4.68. The second-order valence-corrected chi connectivity index (χ2v) is 7.78. The number of sulfonamides is 1. The van der Waals surface area contributed by atoms with Crippen LogP contribution in [0.2, 0.25) is 0 Å². The zero-order valence-corrected chi connectivity index (χ0v) is 15.6. The molecule has 6 nitrogen and oxygen atoms in total. The topological polar surface area (TPSA) is 73.9 Å². The van der Waals surface area contributed by atoms with E-state index in [9.17, 15) is 8.42 Å². The highest BCUT2D eigenvalue weighted by atomic mass is 32.2. The third-order valence-electron chi connectivity index (χ3n) is 4.16. The summed E-state index contributed by atoms with van der Waals surface area (Å²) < 4.78 is 43.2. The minimum Gasteiger partial charge on any atom is -0.497 e. The maximum absolute atomic E-state index is 12.2. The summed E-state index contributed by atoms with van der Waals surface area (Å²) in [6, 6.07) is 12.3. The summed E-state index contributed by atoms with van der Waals surface area (Å²) in [5, 5.41) is 0. The summed E-state index contributed by atoms with van der Waals surface area (Å²) in [6.45, 7) is 1.56. The quantitative estimate of drug-likeness (QED) is 0.716. The molecule has 1 aliphatic rings. The minimum atomic E-state index is -3.48. The fraction of sp³-hybridized carbons (Fsp3) is 0.368. The van der Waals surface area contributed by atoms with Crippen LogP contribution in [0.4, 0.5) is 0 Å². The molecule has 0 amide bonds. The third-order valence-corrected chi connectivity index (χ3v) is 5.64. The predicted octanol–water partition coefficient (Wildman–Crippen LogP) is 2.77. The van der Waals surface area contributed by atoms with Gasteiger partial charge < -0.3 is 14.2 Å². The minimum absolute atomic E-state index is 0.241. The number of nitrogens with one attached hydrogen (secondary N) is 1. The van der Waals surface area contributed by atoms with E-state index in [1.165, 1.54) is 12.1 Å². The van der Waals surface area contributed by atoms with E-state index in [-0.39, 0.29) is 4.90 Å². The number of aryl methyl sites for hydroxylation is 1. The highest BCUT2D eigenvalue weighted by molar-refractivity contribution is 7.89. The van der Waals surface area contributed by atoms with Crippen molar-refractivity contribution in [3.05, 3.63) is 48.0 Å². The standard InChI is InChI=1S/C19H23NO5S/c1-23-16-6-8-17(9-7-16)26(21,22)20-11-3-2-4-15-5-10-18-19(14-15)25-13-12-24-18/h5-10,14,20H,2-4,11-13H2,1H3. The fourth-order valence-corrected chi connectivity index (χ4v) is 3.82. The van der Waals surface area contributed by atoms with Crippen LogP contribution in [0.15, 0.2) is 47.4 Å². The smallest absolute Gasteiger partial charge is 0.240 e. The van der Waals surface area contributed by atoms with E-state index >= 15 is 0 Å². The van der Waals surface area contributed by atoms with Crippen LogP contribution in [0.5, 0.6) is 17.2 Å². The number of benzene rings is 2. The Balaban J connectivity index is 1.44. The maximum Gasteiger partial charge on any atom is 0.240 e. The zero-order chi connectivity index (χ0) is 18.4. The monoisotopic (exact) mass is 377 g/mol. The lowest BCUT2D eigenvalue weighted by Gasteiger charge is -2.18. The van der Waals surface area contributed by atoms with Crippen molar-refractivity contribution in [3.8, 4) is 17.2 Å². The first-order valence-corrected chi connectivity index (χ1v) is 10.1. The van der Waals surface area contributed by atoms with Crippen molar-refractivity contribution in [1.82, 2.24) is 4.72 Å². The van der Waals surface area contributed by atoms with Gasteiger partial charge in [0.2, 0.25) is 10.0 Å². The van der Waals surface area contributed by atoms with Gasteiger partial charge in [-0.05, 0) is 61.2 Å². The normalized spacial score (nSPS) is 13.4. The van der Waals surface area contributed by atoms with Gasteiger partial charge in [0.15, 0.2) is 11.5 Å². The van der Waals surface area contributed by atoms with Crippen molar-refractivity contribution < 1.29 is 22.6 Å². The van der Waals surface area contributed by atoms with Crippen LogP contribution in [0, 0.1) is 0 Å². The summed E-state index contributed by atoms with van der Waals surface area (Å²) in [5.41, 5.74) is 1.16. The highest BCUT2D eigenvalue weighted by Gasteiger charge is 2.14. The Morgan fingerprint density at radius 1 is 1.00 bits per heavy atom. The number of hydrogen-bond acceptors (Lipinski definition) is 5. The van der Waals surface area contributed by atoms with E-state index < -0.39 is 10.0 Å². The molecule has 2 aromatic carbocycles. The highest BCUT2D eigenvalue weighted by Crippen LogP contribution is 2.31. The molecule has 0 bridgehead atoms. The van der Waals surface area contributed by atoms with Crippen LogP contribution in [-0.2, 0) is 16.4 Å². The van der Waals surface area contributed by atoms with E-state index in [0.717, 1.165) is 36.3 Å². The average Bonchev–Trinajstić information content (AvgIpc) is 2.67. The lowest BCUT2D eigenvalue weighted by molar-refractivity contribution is 0.171. The molecule has 1 aliphatic heterocycles. The molecule has 7 heteroatoms. The summed E-state index contributed by atoms with van der Waals surface area (Å²) >= 11 is 0. The second kappa shape index (κ2) is 8.42. The number of hydrogen-bond donors (Lipinski definition) is 1. The number of fused-ring (bicyclic) bond motifs is 1. The lowest BCUT2D eigenvalue weighted by Crippen LogP contribution is -2.24. The molecule has 1 N–H and O–H groups in total. The Morgan fingerprint density at radius 3 is 2.46 bits per heavy atom. The summed E-state index contributed by atoms with van der Waals surface area (Å²) in [7, 11) is -1.94. The molecule has 140 valence electrons. The van der Waals surface area contributed by atoms with Gasteiger partial charge in [0, 0.05) is 6.54 Å². The molecule has 0 saturated heterocycles. The number of unbranched alkanes of at least 4 members (excludes halogenated alkanes) is 1. The Hall–Kier alpha value is -2.25. The Kier molecular flexibility index (Phi) is 6.00. The first-order valence-electron chi connectivity index (χ1n) is 8.61. The van der Waals surface area contributed by atoms with Gasteiger partial charge in [-0.2, -0.15) is 0 Å². The Labute approximate surface area is 154 Å². The summed E-state index contributed by atoms with van der Waals surface area (Å²) in [5.74, 6) is 2.20. The van der Waals surface area contributed by atoms with Crippen LogP contribution in [0.1, 0.15) is 18.4 Å². The predicted molar refractivity (Wildman–Crippen MR) is 98.6 cm³/mol. The van der Waals surface area contributed by atoms with Gasteiger partial charge >= 0.3 is 0 Å².